The number of rotatable bonds is 8. The summed E-state index contributed by atoms with van der Waals surface area (Å²) in [6.07, 6.45) is 0.827. The number of hydrogen-bond acceptors (Lipinski definition) is 6. The minimum atomic E-state index is -0.191. The summed E-state index contributed by atoms with van der Waals surface area (Å²) in [7, 11) is 3.21. The number of aromatic nitrogens is 3. The molecule has 1 atom stereocenters. The molecule has 158 valence electrons. The highest BCUT2D eigenvalue weighted by Gasteiger charge is 2.27. The maximum Gasteiger partial charge on any atom is 0.246 e. The summed E-state index contributed by atoms with van der Waals surface area (Å²) < 4.78 is 12.5. The van der Waals surface area contributed by atoms with Crippen LogP contribution in [0.4, 0.5) is 0 Å². The van der Waals surface area contributed by atoms with Gasteiger partial charge in [-0.1, -0.05) is 26.0 Å². The largest absolute Gasteiger partial charge is 0.497 e. The first-order chi connectivity index (χ1) is 14.0. The lowest BCUT2D eigenvalue weighted by Crippen LogP contribution is -2.36. The monoisotopic (exact) mass is 401 g/mol. The van der Waals surface area contributed by atoms with Crippen LogP contribution in [-0.4, -0.2) is 59.5 Å². The maximum absolute atomic E-state index is 12.1. The van der Waals surface area contributed by atoms with Crippen LogP contribution in [0.1, 0.15) is 37.1 Å². The van der Waals surface area contributed by atoms with Crippen LogP contribution in [0.3, 0.4) is 0 Å². The molecule has 8 nitrogen and oxygen atoms in total. The fraction of sp³-hybridized carbons (Fsp3) is 0.571. The fourth-order valence-electron chi connectivity index (χ4n) is 3.68. The Labute approximate surface area is 172 Å². The predicted molar refractivity (Wildman–Crippen MR) is 110 cm³/mol. The number of methoxy groups -OCH3 is 2. The molecule has 2 aromatic rings. The zero-order valence-corrected chi connectivity index (χ0v) is 17.7. The summed E-state index contributed by atoms with van der Waals surface area (Å²) in [5, 5.41) is 11.9. The molecule has 1 N–H and O–H groups in total. The average Bonchev–Trinajstić information content (AvgIpc) is 3.00. The average molecular weight is 402 g/mol. The Morgan fingerprint density at radius 2 is 2.03 bits per heavy atom. The highest BCUT2D eigenvalue weighted by Crippen LogP contribution is 2.23. The highest BCUT2D eigenvalue weighted by atomic mass is 16.5. The topological polar surface area (TPSA) is 81.5 Å². The summed E-state index contributed by atoms with van der Waals surface area (Å²) in [5.74, 6) is 2.72. The summed E-state index contributed by atoms with van der Waals surface area (Å²) in [6, 6.07) is 8.00. The standard InChI is InChI=1S/C21H31N5O3/c1-15(2)20(22-19(27)14-28-3)21-24-23-18-8-9-25(10-11-26(18)21)13-16-6-5-7-17(12-16)29-4/h5-7,12,15,20H,8-11,13-14H2,1-4H3,(H,22,27). The number of ether oxygens (including phenoxy) is 2. The zero-order chi connectivity index (χ0) is 20.8. The quantitative estimate of drug-likeness (QED) is 0.727. The van der Waals surface area contributed by atoms with Gasteiger partial charge in [0.05, 0.1) is 13.2 Å². The lowest BCUT2D eigenvalue weighted by Gasteiger charge is -2.23. The van der Waals surface area contributed by atoms with Gasteiger partial charge in [0.1, 0.15) is 18.2 Å². The van der Waals surface area contributed by atoms with E-state index in [1.54, 1.807) is 7.11 Å². The number of amides is 1. The van der Waals surface area contributed by atoms with Gasteiger partial charge in [-0.3, -0.25) is 9.69 Å². The van der Waals surface area contributed by atoms with Crippen molar-refractivity contribution in [3.63, 3.8) is 0 Å². The fourth-order valence-corrected chi connectivity index (χ4v) is 3.68. The van der Waals surface area contributed by atoms with Crippen molar-refractivity contribution >= 4 is 5.91 Å². The van der Waals surface area contributed by atoms with Crippen molar-refractivity contribution < 1.29 is 14.3 Å². The Morgan fingerprint density at radius 1 is 1.21 bits per heavy atom. The second-order valence-electron chi connectivity index (χ2n) is 7.73. The van der Waals surface area contributed by atoms with Gasteiger partial charge in [0.15, 0.2) is 5.82 Å². The number of fused-ring (bicyclic) bond motifs is 1. The van der Waals surface area contributed by atoms with E-state index in [0.29, 0.717) is 0 Å². The van der Waals surface area contributed by atoms with E-state index in [-0.39, 0.29) is 24.5 Å². The Kier molecular flexibility index (Phi) is 7.22. The summed E-state index contributed by atoms with van der Waals surface area (Å²) in [5.41, 5.74) is 1.23. The molecule has 0 aliphatic carbocycles. The number of benzene rings is 1. The maximum atomic E-state index is 12.1. The van der Waals surface area contributed by atoms with Gasteiger partial charge in [0, 0.05) is 39.7 Å². The number of carbonyl (C=O) groups is 1. The Balaban J connectivity index is 1.71. The molecule has 1 aromatic carbocycles. The van der Waals surface area contributed by atoms with Crippen molar-refractivity contribution in [2.24, 2.45) is 5.92 Å². The van der Waals surface area contributed by atoms with Gasteiger partial charge in [-0.25, -0.2) is 0 Å². The first kappa shape index (κ1) is 21.3. The van der Waals surface area contributed by atoms with E-state index in [9.17, 15) is 4.79 Å². The third-order valence-corrected chi connectivity index (χ3v) is 5.22. The zero-order valence-electron chi connectivity index (χ0n) is 17.7. The van der Waals surface area contributed by atoms with Gasteiger partial charge < -0.3 is 19.4 Å². The summed E-state index contributed by atoms with van der Waals surface area (Å²) in [6.45, 7) is 7.66. The second kappa shape index (κ2) is 9.84. The van der Waals surface area contributed by atoms with Gasteiger partial charge in [-0.2, -0.15) is 0 Å². The first-order valence-electron chi connectivity index (χ1n) is 10.1. The molecular formula is C21H31N5O3. The van der Waals surface area contributed by atoms with Crippen molar-refractivity contribution in [1.29, 1.82) is 0 Å². The Bertz CT molecular complexity index is 820. The van der Waals surface area contributed by atoms with Crippen LogP contribution in [0.15, 0.2) is 24.3 Å². The van der Waals surface area contributed by atoms with Gasteiger partial charge in [-0.15, -0.1) is 10.2 Å². The number of carbonyl (C=O) groups excluding carboxylic acids is 1. The molecule has 1 amide bonds. The van der Waals surface area contributed by atoms with E-state index in [1.807, 2.05) is 12.1 Å². The molecule has 29 heavy (non-hydrogen) atoms. The lowest BCUT2D eigenvalue weighted by molar-refractivity contribution is -0.125. The smallest absolute Gasteiger partial charge is 0.246 e. The van der Waals surface area contributed by atoms with E-state index in [0.717, 1.165) is 50.0 Å². The second-order valence-corrected chi connectivity index (χ2v) is 7.73. The number of nitrogens with one attached hydrogen (secondary N) is 1. The Hall–Kier alpha value is -2.45. The molecule has 0 bridgehead atoms. The van der Waals surface area contributed by atoms with Crippen LogP contribution in [-0.2, 0) is 29.0 Å². The Morgan fingerprint density at radius 3 is 2.76 bits per heavy atom. The molecule has 0 radical (unpaired) electrons. The van der Waals surface area contributed by atoms with Crippen molar-refractivity contribution in [3.05, 3.63) is 41.5 Å². The molecule has 0 spiro atoms. The first-order valence-corrected chi connectivity index (χ1v) is 10.1. The van der Waals surface area contributed by atoms with Gasteiger partial charge >= 0.3 is 0 Å². The van der Waals surface area contributed by atoms with Crippen molar-refractivity contribution in [3.8, 4) is 5.75 Å². The minimum Gasteiger partial charge on any atom is -0.497 e. The molecular weight excluding hydrogens is 370 g/mol. The van der Waals surface area contributed by atoms with Gasteiger partial charge in [-0.05, 0) is 23.6 Å². The van der Waals surface area contributed by atoms with Crippen LogP contribution in [0.25, 0.3) is 0 Å². The van der Waals surface area contributed by atoms with E-state index in [1.165, 1.54) is 12.7 Å². The van der Waals surface area contributed by atoms with Gasteiger partial charge in [0.2, 0.25) is 5.91 Å². The van der Waals surface area contributed by atoms with Crippen molar-refractivity contribution in [1.82, 2.24) is 25.0 Å². The van der Waals surface area contributed by atoms with Crippen LogP contribution < -0.4 is 10.1 Å². The number of hydrogen-bond donors (Lipinski definition) is 1. The van der Waals surface area contributed by atoms with Crippen LogP contribution in [0, 0.1) is 5.92 Å². The SMILES string of the molecule is COCC(=O)NC(c1nnc2n1CCN(Cc1cccc(OC)c1)CC2)C(C)C. The number of nitrogens with zero attached hydrogens (tertiary/aromatic N) is 4. The molecule has 0 saturated heterocycles. The van der Waals surface area contributed by atoms with Crippen LogP contribution in [0.5, 0.6) is 5.75 Å². The van der Waals surface area contributed by atoms with Crippen LogP contribution >= 0.6 is 0 Å². The van der Waals surface area contributed by atoms with E-state index in [4.69, 9.17) is 9.47 Å². The van der Waals surface area contributed by atoms with Crippen molar-refractivity contribution in [2.75, 3.05) is 33.9 Å². The normalized spacial score (nSPS) is 15.6. The molecule has 1 aromatic heterocycles. The van der Waals surface area contributed by atoms with Crippen molar-refractivity contribution in [2.45, 2.75) is 39.4 Å². The molecule has 0 fully saturated rings. The third-order valence-electron chi connectivity index (χ3n) is 5.22. The molecule has 2 heterocycles. The van der Waals surface area contributed by atoms with E-state index < -0.39 is 0 Å². The summed E-state index contributed by atoms with van der Waals surface area (Å²) >= 11 is 0. The van der Waals surface area contributed by atoms with Gasteiger partial charge in [0.25, 0.3) is 0 Å². The minimum absolute atomic E-state index is 0.0402. The third kappa shape index (κ3) is 5.33. The highest BCUT2D eigenvalue weighted by molar-refractivity contribution is 5.77. The van der Waals surface area contributed by atoms with E-state index in [2.05, 4.69) is 51.0 Å². The molecule has 1 unspecified atom stereocenters. The molecule has 0 saturated carbocycles. The predicted octanol–water partition coefficient (Wildman–Crippen LogP) is 1.80. The summed E-state index contributed by atoms with van der Waals surface area (Å²) in [4.78, 5) is 14.5. The lowest BCUT2D eigenvalue weighted by atomic mass is 10.0. The molecule has 1 aliphatic rings. The molecule has 3 rings (SSSR count). The van der Waals surface area contributed by atoms with E-state index >= 15 is 0 Å². The molecule has 8 heteroatoms. The van der Waals surface area contributed by atoms with Crippen LogP contribution in [0.2, 0.25) is 0 Å². The molecule has 1 aliphatic heterocycles.